The smallest absolute Gasteiger partial charge is 0.233 e. The SMILES string of the molecule is COCCNCCCN1C(=O)C2CC(C)CC2C1=O. The summed E-state index contributed by atoms with van der Waals surface area (Å²) < 4.78 is 4.94. The van der Waals surface area contributed by atoms with Crippen LogP contribution in [0.2, 0.25) is 0 Å². The van der Waals surface area contributed by atoms with Crippen LogP contribution < -0.4 is 5.32 Å². The number of imide groups is 1. The Bertz CT molecular complexity index is 322. The lowest BCUT2D eigenvalue weighted by Crippen LogP contribution is -2.34. The number of carbonyl (C=O) groups is 2. The molecule has 2 amide bonds. The van der Waals surface area contributed by atoms with Crippen molar-refractivity contribution in [3.63, 3.8) is 0 Å². The van der Waals surface area contributed by atoms with E-state index in [2.05, 4.69) is 12.2 Å². The number of carbonyl (C=O) groups excluding carboxylic acids is 2. The lowest BCUT2D eigenvalue weighted by Gasteiger charge is -2.16. The fraction of sp³-hybridized carbons (Fsp3) is 0.857. The van der Waals surface area contributed by atoms with Crippen molar-refractivity contribution >= 4 is 11.8 Å². The molecule has 0 radical (unpaired) electrons. The zero-order chi connectivity index (χ0) is 13.8. The predicted octanol–water partition coefficient (Wildman–Crippen LogP) is 0.644. The van der Waals surface area contributed by atoms with Gasteiger partial charge in [-0.25, -0.2) is 0 Å². The summed E-state index contributed by atoms with van der Waals surface area (Å²) in [5.41, 5.74) is 0. The molecule has 5 heteroatoms. The number of fused-ring (bicyclic) bond motifs is 1. The van der Waals surface area contributed by atoms with E-state index < -0.39 is 0 Å². The third-order valence-electron chi connectivity index (χ3n) is 4.18. The highest BCUT2D eigenvalue weighted by atomic mass is 16.5. The van der Waals surface area contributed by atoms with E-state index in [1.165, 1.54) is 4.90 Å². The summed E-state index contributed by atoms with van der Waals surface area (Å²) in [5.74, 6) is 0.598. The largest absolute Gasteiger partial charge is 0.383 e. The molecule has 2 unspecified atom stereocenters. The van der Waals surface area contributed by atoms with E-state index in [1.54, 1.807) is 7.11 Å². The molecule has 1 heterocycles. The van der Waals surface area contributed by atoms with Gasteiger partial charge in [-0.05, 0) is 31.7 Å². The van der Waals surface area contributed by atoms with Crippen LogP contribution in [0.3, 0.4) is 0 Å². The van der Waals surface area contributed by atoms with Crippen LogP contribution in [0.25, 0.3) is 0 Å². The van der Waals surface area contributed by atoms with Gasteiger partial charge in [-0.15, -0.1) is 0 Å². The minimum Gasteiger partial charge on any atom is -0.383 e. The number of hydrogen-bond acceptors (Lipinski definition) is 4. The molecule has 0 aromatic rings. The van der Waals surface area contributed by atoms with Crippen molar-refractivity contribution in [1.82, 2.24) is 10.2 Å². The van der Waals surface area contributed by atoms with Crippen molar-refractivity contribution in [2.75, 3.05) is 33.4 Å². The fourth-order valence-corrected chi connectivity index (χ4v) is 3.23. The lowest BCUT2D eigenvalue weighted by molar-refractivity contribution is -0.140. The molecule has 0 aromatic heterocycles. The summed E-state index contributed by atoms with van der Waals surface area (Å²) in [6.45, 7) is 4.99. The van der Waals surface area contributed by atoms with Gasteiger partial charge in [0.25, 0.3) is 0 Å². The summed E-state index contributed by atoms with van der Waals surface area (Å²) in [4.78, 5) is 25.8. The molecule has 0 spiro atoms. The average Bonchev–Trinajstić information content (AvgIpc) is 2.86. The van der Waals surface area contributed by atoms with Gasteiger partial charge >= 0.3 is 0 Å². The standard InChI is InChI=1S/C14H24N2O3/c1-10-8-11-12(9-10)14(18)16(13(11)17)6-3-4-15-5-7-19-2/h10-12,15H,3-9H2,1-2H3. The Kier molecular flexibility index (Phi) is 4.93. The van der Waals surface area contributed by atoms with E-state index in [-0.39, 0.29) is 23.7 Å². The monoisotopic (exact) mass is 268 g/mol. The molecule has 1 aliphatic heterocycles. The van der Waals surface area contributed by atoms with Crippen LogP contribution >= 0.6 is 0 Å². The van der Waals surface area contributed by atoms with Crippen molar-refractivity contribution in [3.05, 3.63) is 0 Å². The van der Waals surface area contributed by atoms with Gasteiger partial charge in [0.15, 0.2) is 0 Å². The predicted molar refractivity (Wildman–Crippen MR) is 71.5 cm³/mol. The van der Waals surface area contributed by atoms with Gasteiger partial charge in [0.05, 0.1) is 18.4 Å². The second-order valence-electron chi connectivity index (χ2n) is 5.71. The molecule has 1 saturated heterocycles. The van der Waals surface area contributed by atoms with Crippen LogP contribution in [0, 0.1) is 17.8 Å². The number of methoxy groups -OCH3 is 1. The molecule has 108 valence electrons. The zero-order valence-electron chi connectivity index (χ0n) is 11.9. The topological polar surface area (TPSA) is 58.6 Å². The first-order chi connectivity index (χ1) is 9.15. The van der Waals surface area contributed by atoms with E-state index in [1.807, 2.05) is 0 Å². The highest BCUT2D eigenvalue weighted by molar-refractivity contribution is 6.05. The molecule has 1 saturated carbocycles. The van der Waals surface area contributed by atoms with Gasteiger partial charge in [0.1, 0.15) is 0 Å². The van der Waals surface area contributed by atoms with Gasteiger partial charge in [-0.2, -0.15) is 0 Å². The quantitative estimate of drug-likeness (QED) is 0.544. The maximum Gasteiger partial charge on any atom is 0.233 e. The van der Waals surface area contributed by atoms with Crippen molar-refractivity contribution in [2.24, 2.45) is 17.8 Å². The molecular formula is C14H24N2O3. The second-order valence-corrected chi connectivity index (χ2v) is 5.71. The number of nitrogens with one attached hydrogen (secondary N) is 1. The molecule has 19 heavy (non-hydrogen) atoms. The van der Waals surface area contributed by atoms with Crippen LogP contribution in [0.5, 0.6) is 0 Å². The Morgan fingerprint density at radius 2 is 1.84 bits per heavy atom. The van der Waals surface area contributed by atoms with Crippen molar-refractivity contribution in [2.45, 2.75) is 26.2 Å². The number of rotatable bonds is 7. The summed E-state index contributed by atoms with van der Waals surface area (Å²) >= 11 is 0. The highest BCUT2D eigenvalue weighted by Gasteiger charge is 2.51. The van der Waals surface area contributed by atoms with Crippen LogP contribution in [0.4, 0.5) is 0 Å². The van der Waals surface area contributed by atoms with Crippen molar-refractivity contribution in [1.29, 1.82) is 0 Å². The van der Waals surface area contributed by atoms with Crippen molar-refractivity contribution < 1.29 is 14.3 Å². The molecule has 1 aliphatic carbocycles. The molecular weight excluding hydrogens is 244 g/mol. The third kappa shape index (κ3) is 3.15. The Morgan fingerprint density at radius 1 is 1.21 bits per heavy atom. The first-order valence-electron chi connectivity index (χ1n) is 7.20. The number of hydrogen-bond donors (Lipinski definition) is 1. The Balaban J connectivity index is 1.73. The van der Waals surface area contributed by atoms with E-state index >= 15 is 0 Å². The van der Waals surface area contributed by atoms with Gasteiger partial charge in [0, 0.05) is 20.2 Å². The number of ether oxygens (including phenoxy) is 1. The maximum absolute atomic E-state index is 12.2. The molecule has 0 aromatic carbocycles. The molecule has 5 nitrogen and oxygen atoms in total. The van der Waals surface area contributed by atoms with Crippen LogP contribution in [-0.4, -0.2) is 50.1 Å². The van der Waals surface area contributed by atoms with Gasteiger partial charge < -0.3 is 10.1 Å². The Morgan fingerprint density at radius 3 is 2.42 bits per heavy atom. The van der Waals surface area contributed by atoms with Crippen LogP contribution in [0.1, 0.15) is 26.2 Å². The zero-order valence-corrected chi connectivity index (χ0v) is 11.9. The number of amides is 2. The normalized spacial score (nSPS) is 30.2. The van der Waals surface area contributed by atoms with Crippen LogP contribution in [0.15, 0.2) is 0 Å². The molecule has 1 N–H and O–H groups in total. The molecule has 2 atom stereocenters. The second kappa shape index (κ2) is 6.48. The lowest BCUT2D eigenvalue weighted by atomic mass is 10.00. The van der Waals surface area contributed by atoms with Gasteiger partial charge in [-0.1, -0.05) is 6.92 Å². The van der Waals surface area contributed by atoms with E-state index in [0.29, 0.717) is 19.1 Å². The summed E-state index contributed by atoms with van der Waals surface area (Å²) in [6.07, 6.45) is 2.59. The fourth-order valence-electron chi connectivity index (χ4n) is 3.23. The minimum absolute atomic E-state index is 0.0241. The summed E-state index contributed by atoms with van der Waals surface area (Å²) in [6, 6.07) is 0. The maximum atomic E-state index is 12.2. The van der Waals surface area contributed by atoms with Crippen molar-refractivity contribution in [3.8, 4) is 0 Å². The van der Waals surface area contributed by atoms with E-state index in [0.717, 1.165) is 32.4 Å². The molecule has 2 rings (SSSR count). The highest BCUT2D eigenvalue weighted by Crippen LogP contribution is 2.42. The molecule has 0 bridgehead atoms. The Labute approximate surface area is 114 Å². The summed E-state index contributed by atoms with van der Waals surface area (Å²) in [7, 11) is 1.67. The molecule has 2 fully saturated rings. The third-order valence-corrected chi connectivity index (χ3v) is 4.18. The molecule has 2 aliphatic rings. The van der Waals surface area contributed by atoms with E-state index in [9.17, 15) is 9.59 Å². The number of likely N-dealkylation sites (tertiary alicyclic amines) is 1. The van der Waals surface area contributed by atoms with Gasteiger partial charge in [0.2, 0.25) is 11.8 Å². The minimum atomic E-state index is -0.0241. The van der Waals surface area contributed by atoms with E-state index in [4.69, 9.17) is 4.74 Å². The van der Waals surface area contributed by atoms with Gasteiger partial charge in [-0.3, -0.25) is 14.5 Å². The first kappa shape index (κ1) is 14.5. The number of nitrogens with zero attached hydrogens (tertiary/aromatic N) is 1. The van der Waals surface area contributed by atoms with Crippen LogP contribution in [-0.2, 0) is 14.3 Å². The summed E-state index contributed by atoms with van der Waals surface area (Å²) in [5, 5.41) is 3.22. The average molecular weight is 268 g/mol. The first-order valence-corrected chi connectivity index (χ1v) is 7.20. The Hall–Kier alpha value is -0.940.